The van der Waals surface area contributed by atoms with Gasteiger partial charge in [0, 0.05) is 18.2 Å². The van der Waals surface area contributed by atoms with E-state index in [1.165, 1.54) is 18.2 Å². The number of oxime groups is 1. The van der Waals surface area contributed by atoms with E-state index in [1.54, 1.807) is 6.92 Å². The van der Waals surface area contributed by atoms with E-state index < -0.39 is 11.7 Å². The minimum Gasteiger partial charge on any atom is -0.409 e. The molecule has 1 unspecified atom stereocenters. The fraction of sp³-hybridized carbons (Fsp3) is 0.364. The molecule has 1 aromatic carbocycles. The number of amidine groups is 1. The fourth-order valence-corrected chi connectivity index (χ4v) is 1.53. The van der Waals surface area contributed by atoms with Gasteiger partial charge in [-0.05, 0) is 19.1 Å². The number of nitrogens with one attached hydrogen (secondary N) is 1. The summed E-state index contributed by atoms with van der Waals surface area (Å²) in [5.74, 6) is -0.0421. The first kappa shape index (κ1) is 14.1. The maximum absolute atomic E-state index is 12.7. The van der Waals surface area contributed by atoms with Gasteiger partial charge in [-0.1, -0.05) is 17.3 Å². The van der Waals surface area contributed by atoms with E-state index in [4.69, 9.17) is 10.9 Å². The van der Waals surface area contributed by atoms with Gasteiger partial charge in [0.05, 0.1) is 5.56 Å². The van der Waals surface area contributed by atoms with Crippen molar-refractivity contribution >= 4 is 11.5 Å². The summed E-state index contributed by atoms with van der Waals surface area (Å²) in [5.41, 5.74) is 4.52. The predicted octanol–water partition coefficient (Wildman–Crippen LogP) is 2.64. The predicted molar refractivity (Wildman–Crippen MR) is 62.6 cm³/mol. The molecule has 0 heterocycles. The van der Waals surface area contributed by atoms with E-state index in [0.29, 0.717) is 0 Å². The van der Waals surface area contributed by atoms with E-state index in [9.17, 15) is 13.2 Å². The highest BCUT2D eigenvalue weighted by atomic mass is 19.4. The third kappa shape index (κ3) is 3.83. The summed E-state index contributed by atoms with van der Waals surface area (Å²) in [6.45, 7) is 1.64. The number of halogens is 3. The lowest BCUT2D eigenvalue weighted by Gasteiger charge is -2.18. The van der Waals surface area contributed by atoms with Crippen LogP contribution in [-0.4, -0.2) is 17.1 Å². The zero-order valence-electron chi connectivity index (χ0n) is 9.70. The Morgan fingerprint density at radius 3 is 2.61 bits per heavy atom. The first-order valence-corrected chi connectivity index (χ1v) is 5.23. The molecule has 0 aliphatic rings. The molecule has 18 heavy (non-hydrogen) atoms. The summed E-state index contributed by atoms with van der Waals surface area (Å²) in [7, 11) is 0. The van der Waals surface area contributed by atoms with Gasteiger partial charge in [0.15, 0.2) is 0 Å². The van der Waals surface area contributed by atoms with Crippen molar-refractivity contribution in [1.82, 2.24) is 0 Å². The van der Waals surface area contributed by atoms with E-state index in [0.717, 1.165) is 6.07 Å². The molecular weight excluding hydrogens is 247 g/mol. The van der Waals surface area contributed by atoms with Gasteiger partial charge in [-0.25, -0.2) is 0 Å². The monoisotopic (exact) mass is 261 g/mol. The van der Waals surface area contributed by atoms with Gasteiger partial charge < -0.3 is 16.3 Å². The highest BCUT2D eigenvalue weighted by molar-refractivity contribution is 5.80. The quantitative estimate of drug-likeness (QED) is 0.338. The van der Waals surface area contributed by atoms with Crippen molar-refractivity contribution in [2.24, 2.45) is 10.9 Å². The molecule has 1 aromatic rings. The smallest absolute Gasteiger partial charge is 0.409 e. The van der Waals surface area contributed by atoms with Crippen molar-refractivity contribution in [3.63, 3.8) is 0 Å². The van der Waals surface area contributed by atoms with Gasteiger partial charge in [0.2, 0.25) is 0 Å². The number of anilines is 1. The molecule has 0 fully saturated rings. The molecule has 100 valence electrons. The average molecular weight is 261 g/mol. The Bertz CT molecular complexity index is 432. The molecule has 1 rings (SSSR count). The highest BCUT2D eigenvalue weighted by Gasteiger charge is 2.33. The van der Waals surface area contributed by atoms with Crippen LogP contribution in [0.5, 0.6) is 0 Å². The molecular formula is C11H14F3N3O. The summed E-state index contributed by atoms with van der Waals surface area (Å²) in [5, 5.41) is 13.9. The third-order valence-electron chi connectivity index (χ3n) is 2.28. The standard InChI is InChI=1S/C11H14F3N3O/c1-7(6-10(15)17-18)16-9-5-3-2-4-8(9)11(12,13)14/h2-5,7,16,18H,6H2,1H3,(H2,15,17). The van der Waals surface area contributed by atoms with Gasteiger partial charge in [-0.15, -0.1) is 0 Å². The van der Waals surface area contributed by atoms with Crippen LogP contribution in [0.4, 0.5) is 18.9 Å². The van der Waals surface area contributed by atoms with Crippen molar-refractivity contribution in [1.29, 1.82) is 0 Å². The van der Waals surface area contributed by atoms with Crippen molar-refractivity contribution in [2.45, 2.75) is 25.6 Å². The van der Waals surface area contributed by atoms with Gasteiger partial charge in [-0.3, -0.25) is 0 Å². The van der Waals surface area contributed by atoms with E-state index in [-0.39, 0.29) is 24.0 Å². The van der Waals surface area contributed by atoms with Crippen molar-refractivity contribution in [3.8, 4) is 0 Å². The average Bonchev–Trinajstić information content (AvgIpc) is 2.27. The summed E-state index contributed by atoms with van der Waals surface area (Å²) in [6.07, 6.45) is -4.28. The van der Waals surface area contributed by atoms with Crippen LogP contribution in [-0.2, 0) is 6.18 Å². The van der Waals surface area contributed by atoms with Crippen LogP contribution in [0.3, 0.4) is 0 Å². The van der Waals surface area contributed by atoms with Gasteiger partial charge >= 0.3 is 6.18 Å². The zero-order valence-corrected chi connectivity index (χ0v) is 9.70. The molecule has 1 atom stereocenters. The van der Waals surface area contributed by atoms with Gasteiger partial charge in [0.1, 0.15) is 5.84 Å². The zero-order chi connectivity index (χ0) is 13.8. The first-order chi connectivity index (χ1) is 8.34. The largest absolute Gasteiger partial charge is 0.418 e. The van der Waals surface area contributed by atoms with Crippen LogP contribution < -0.4 is 11.1 Å². The minimum absolute atomic E-state index is 0.0248. The van der Waals surface area contributed by atoms with Crippen LogP contribution in [0.1, 0.15) is 18.9 Å². The topological polar surface area (TPSA) is 70.6 Å². The normalized spacial score (nSPS) is 14.3. The maximum Gasteiger partial charge on any atom is 0.418 e. The molecule has 4 N–H and O–H groups in total. The van der Waals surface area contributed by atoms with Crippen molar-refractivity contribution in [2.75, 3.05) is 5.32 Å². The molecule has 0 saturated carbocycles. The van der Waals surface area contributed by atoms with Gasteiger partial charge in [0.25, 0.3) is 0 Å². The molecule has 0 aromatic heterocycles. The SMILES string of the molecule is CC(CC(N)=NO)Nc1ccccc1C(F)(F)F. The number of nitrogens with two attached hydrogens (primary N) is 1. The molecule has 4 nitrogen and oxygen atoms in total. The lowest BCUT2D eigenvalue weighted by Crippen LogP contribution is -2.25. The maximum atomic E-state index is 12.7. The highest BCUT2D eigenvalue weighted by Crippen LogP contribution is 2.34. The van der Waals surface area contributed by atoms with E-state index in [1.807, 2.05) is 0 Å². The molecule has 0 radical (unpaired) electrons. The van der Waals surface area contributed by atoms with Gasteiger partial charge in [-0.2, -0.15) is 13.2 Å². The Labute approximate surface area is 102 Å². The molecule has 7 heteroatoms. The second-order valence-corrected chi connectivity index (χ2v) is 3.88. The van der Waals surface area contributed by atoms with Crippen LogP contribution in [0, 0.1) is 0 Å². The number of hydrogen-bond acceptors (Lipinski definition) is 3. The van der Waals surface area contributed by atoms with Crippen molar-refractivity contribution < 1.29 is 18.4 Å². The molecule has 0 aliphatic carbocycles. The Morgan fingerprint density at radius 1 is 1.44 bits per heavy atom. The molecule has 0 saturated heterocycles. The lowest BCUT2D eigenvalue weighted by molar-refractivity contribution is -0.137. The van der Waals surface area contributed by atoms with Crippen LogP contribution in [0.15, 0.2) is 29.4 Å². The first-order valence-electron chi connectivity index (χ1n) is 5.23. The molecule has 0 spiro atoms. The number of alkyl halides is 3. The third-order valence-corrected chi connectivity index (χ3v) is 2.28. The van der Waals surface area contributed by atoms with Crippen LogP contribution in [0.25, 0.3) is 0 Å². The Hall–Kier alpha value is -1.92. The van der Waals surface area contributed by atoms with Crippen molar-refractivity contribution in [3.05, 3.63) is 29.8 Å². The van der Waals surface area contributed by atoms with E-state index in [2.05, 4.69) is 10.5 Å². The Morgan fingerprint density at radius 2 is 2.06 bits per heavy atom. The fourth-order valence-electron chi connectivity index (χ4n) is 1.53. The van der Waals surface area contributed by atoms with Crippen LogP contribution in [0.2, 0.25) is 0 Å². The number of rotatable bonds is 4. The minimum atomic E-state index is -4.42. The Balaban J connectivity index is 2.85. The number of benzene rings is 1. The summed E-state index contributed by atoms with van der Waals surface area (Å²) >= 11 is 0. The molecule has 0 amide bonds. The Kier molecular flexibility index (Phi) is 4.41. The number of para-hydroxylation sites is 1. The number of hydrogen-bond donors (Lipinski definition) is 3. The summed E-state index contributed by atoms with van der Waals surface area (Å²) in [4.78, 5) is 0. The molecule has 0 aliphatic heterocycles. The van der Waals surface area contributed by atoms with E-state index >= 15 is 0 Å². The molecule has 0 bridgehead atoms. The second-order valence-electron chi connectivity index (χ2n) is 3.88. The lowest BCUT2D eigenvalue weighted by atomic mass is 10.1. The summed E-state index contributed by atoms with van der Waals surface area (Å²) < 4.78 is 38.1. The second kappa shape index (κ2) is 5.61. The summed E-state index contributed by atoms with van der Waals surface area (Å²) in [6, 6.07) is 4.78. The van der Waals surface area contributed by atoms with Crippen LogP contribution >= 0.6 is 0 Å². The number of nitrogens with zero attached hydrogens (tertiary/aromatic N) is 1.